The Morgan fingerprint density at radius 2 is 1.97 bits per heavy atom. The summed E-state index contributed by atoms with van der Waals surface area (Å²) in [5.74, 6) is -0.00585. The molecule has 0 radical (unpaired) electrons. The molecule has 176 valence electrons. The molecule has 0 spiro atoms. The Bertz CT molecular complexity index is 1340. The van der Waals surface area contributed by atoms with Gasteiger partial charge in [0.2, 0.25) is 5.88 Å². The molecular formula is C26H28N4O4. The van der Waals surface area contributed by atoms with Gasteiger partial charge in [0.25, 0.3) is 11.5 Å². The van der Waals surface area contributed by atoms with Gasteiger partial charge in [0.15, 0.2) is 0 Å². The van der Waals surface area contributed by atoms with Gasteiger partial charge in [-0.05, 0) is 69.0 Å². The van der Waals surface area contributed by atoms with Gasteiger partial charge in [0.1, 0.15) is 28.6 Å². The number of fused-ring (bicyclic) bond motifs is 1. The molecule has 0 fully saturated rings. The number of nitriles is 1. The van der Waals surface area contributed by atoms with Gasteiger partial charge >= 0.3 is 0 Å². The Kier molecular flexibility index (Phi) is 8.17. The van der Waals surface area contributed by atoms with E-state index in [9.17, 15) is 14.9 Å². The number of aryl methyl sites for hydroxylation is 2. The van der Waals surface area contributed by atoms with Crippen LogP contribution in [-0.4, -0.2) is 35.1 Å². The highest BCUT2D eigenvalue weighted by atomic mass is 16.5. The van der Waals surface area contributed by atoms with Crippen LogP contribution in [-0.2, 0) is 9.53 Å². The summed E-state index contributed by atoms with van der Waals surface area (Å²) in [5.41, 5.74) is 2.51. The van der Waals surface area contributed by atoms with Crippen molar-refractivity contribution in [2.45, 2.75) is 34.1 Å². The summed E-state index contributed by atoms with van der Waals surface area (Å²) in [7, 11) is 0. The van der Waals surface area contributed by atoms with Crippen LogP contribution in [0.5, 0.6) is 11.6 Å². The number of amides is 1. The number of ether oxygens (including phenoxy) is 2. The Hall–Kier alpha value is -3.96. The Morgan fingerprint density at radius 1 is 1.21 bits per heavy atom. The molecule has 1 amide bonds. The second-order valence-corrected chi connectivity index (χ2v) is 7.80. The number of nitrogens with one attached hydrogen (secondary N) is 1. The van der Waals surface area contributed by atoms with Gasteiger partial charge < -0.3 is 14.8 Å². The summed E-state index contributed by atoms with van der Waals surface area (Å²) in [5, 5.41) is 12.3. The topological polar surface area (TPSA) is 106 Å². The molecule has 1 aromatic carbocycles. The molecule has 0 bridgehead atoms. The SMILES string of the molecule is CCOCCCNC(=O)C(C#N)=Cc1c(Oc2cccc(C)c2C)nc2c(C)cccn2c1=O. The van der Waals surface area contributed by atoms with Crippen molar-refractivity contribution in [1.82, 2.24) is 14.7 Å². The van der Waals surface area contributed by atoms with Crippen LogP contribution in [0, 0.1) is 32.1 Å². The quantitative estimate of drug-likeness (QED) is 0.295. The van der Waals surface area contributed by atoms with Crippen molar-refractivity contribution in [2.24, 2.45) is 0 Å². The summed E-state index contributed by atoms with van der Waals surface area (Å²) >= 11 is 0. The maximum atomic E-state index is 13.4. The highest BCUT2D eigenvalue weighted by Gasteiger charge is 2.18. The normalized spacial score (nSPS) is 11.3. The molecule has 0 unspecified atom stereocenters. The summed E-state index contributed by atoms with van der Waals surface area (Å²) in [6.07, 6.45) is 3.44. The van der Waals surface area contributed by atoms with Crippen molar-refractivity contribution < 1.29 is 14.3 Å². The monoisotopic (exact) mass is 460 g/mol. The van der Waals surface area contributed by atoms with Gasteiger partial charge in [-0.1, -0.05) is 18.2 Å². The zero-order valence-electron chi connectivity index (χ0n) is 19.8. The summed E-state index contributed by atoms with van der Waals surface area (Å²) < 4.78 is 12.7. The zero-order valence-corrected chi connectivity index (χ0v) is 19.8. The molecule has 2 aromatic heterocycles. The largest absolute Gasteiger partial charge is 0.438 e. The van der Waals surface area contributed by atoms with Crippen molar-refractivity contribution in [3.63, 3.8) is 0 Å². The van der Waals surface area contributed by atoms with Crippen LogP contribution in [0.15, 0.2) is 46.9 Å². The van der Waals surface area contributed by atoms with Crippen LogP contribution in [0.25, 0.3) is 11.7 Å². The first kappa shape index (κ1) is 24.7. The maximum Gasteiger partial charge on any atom is 0.269 e. The van der Waals surface area contributed by atoms with Gasteiger partial charge in [-0.25, -0.2) is 0 Å². The van der Waals surface area contributed by atoms with E-state index in [2.05, 4.69) is 10.3 Å². The second kappa shape index (κ2) is 11.3. The van der Waals surface area contributed by atoms with Crippen LogP contribution in [0.1, 0.15) is 35.6 Å². The van der Waals surface area contributed by atoms with Crippen LogP contribution in [0.2, 0.25) is 0 Å². The number of aromatic nitrogens is 2. The van der Waals surface area contributed by atoms with Gasteiger partial charge in [-0.15, -0.1) is 0 Å². The van der Waals surface area contributed by atoms with E-state index in [1.165, 1.54) is 10.5 Å². The average Bonchev–Trinajstić information content (AvgIpc) is 2.82. The van der Waals surface area contributed by atoms with Crippen molar-refractivity contribution in [1.29, 1.82) is 5.26 Å². The minimum Gasteiger partial charge on any atom is -0.438 e. The lowest BCUT2D eigenvalue weighted by Gasteiger charge is -2.14. The molecule has 3 aromatic rings. The van der Waals surface area contributed by atoms with E-state index in [1.54, 1.807) is 18.3 Å². The van der Waals surface area contributed by atoms with Gasteiger partial charge in [0, 0.05) is 26.0 Å². The number of pyridine rings is 1. The van der Waals surface area contributed by atoms with Crippen molar-refractivity contribution in [3.8, 4) is 17.7 Å². The molecule has 1 N–H and O–H groups in total. The number of carbonyl (C=O) groups is 1. The number of nitrogens with zero attached hydrogens (tertiary/aromatic N) is 3. The standard InChI is InChI=1S/C26H28N4O4/c1-5-33-14-8-12-28-24(31)20(16-27)15-21-25(34-22-11-6-9-17(2)19(22)4)29-23-18(3)10-7-13-30(23)26(21)32/h6-7,9-11,13,15H,5,8,12,14H2,1-4H3,(H,28,31). The molecule has 2 heterocycles. The average molecular weight is 461 g/mol. The minimum atomic E-state index is -0.578. The van der Waals surface area contributed by atoms with Crippen LogP contribution >= 0.6 is 0 Å². The number of hydrogen-bond acceptors (Lipinski definition) is 6. The lowest BCUT2D eigenvalue weighted by Crippen LogP contribution is -2.27. The van der Waals surface area contributed by atoms with E-state index in [0.717, 1.165) is 16.7 Å². The molecule has 0 aliphatic rings. The van der Waals surface area contributed by atoms with E-state index in [1.807, 2.05) is 52.0 Å². The van der Waals surface area contributed by atoms with Gasteiger partial charge in [0.05, 0.1) is 0 Å². The number of benzene rings is 1. The molecule has 0 saturated heterocycles. The molecular weight excluding hydrogens is 432 g/mol. The maximum absolute atomic E-state index is 13.4. The van der Waals surface area contributed by atoms with E-state index in [0.29, 0.717) is 37.6 Å². The predicted octanol–water partition coefficient (Wildman–Crippen LogP) is 3.86. The Labute approximate surface area is 198 Å². The molecule has 0 aliphatic carbocycles. The Morgan fingerprint density at radius 3 is 2.71 bits per heavy atom. The fourth-order valence-electron chi connectivity index (χ4n) is 3.34. The third-order valence-corrected chi connectivity index (χ3v) is 5.42. The summed E-state index contributed by atoms with van der Waals surface area (Å²) in [4.78, 5) is 30.6. The first-order chi connectivity index (χ1) is 16.4. The summed E-state index contributed by atoms with van der Waals surface area (Å²) in [6, 6.07) is 11.1. The molecule has 0 aliphatic heterocycles. The van der Waals surface area contributed by atoms with Crippen molar-refractivity contribution >= 4 is 17.6 Å². The van der Waals surface area contributed by atoms with Crippen LogP contribution in [0.3, 0.4) is 0 Å². The van der Waals surface area contributed by atoms with Crippen LogP contribution < -0.4 is 15.6 Å². The van der Waals surface area contributed by atoms with E-state index in [4.69, 9.17) is 9.47 Å². The third kappa shape index (κ3) is 5.50. The summed E-state index contributed by atoms with van der Waals surface area (Å²) in [6.45, 7) is 9.05. The smallest absolute Gasteiger partial charge is 0.269 e. The molecule has 8 nitrogen and oxygen atoms in total. The first-order valence-corrected chi connectivity index (χ1v) is 11.1. The minimum absolute atomic E-state index is 0.0185. The number of hydrogen-bond donors (Lipinski definition) is 1. The van der Waals surface area contributed by atoms with Crippen LogP contribution in [0.4, 0.5) is 0 Å². The fraction of sp³-hybridized carbons (Fsp3) is 0.308. The lowest BCUT2D eigenvalue weighted by atomic mass is 10.1. The first-order valence-electron chi connectivity index (χ1n) is 11.1. The van der Waals surface area contributed by atoms with E-state index >= 15 is 0 Å². The van der Waals surface area contributed by atoms with Gasteiger partial charge in [-0.2, -0.15) is 10.2 Å². The van der Waals surface area contributed by atoms with Crippen molar-refractivity contribution in [2.75, 3.05) is 19.8 Å². The molecule has 0 atom stereocenters. The zero-order chi connectivity index (χ0) is 24.7. The highest BCUT2D eigenvalue weighted by Crippen LogP contribution is 2.28. The predicted molar refractivity (Wildman–Crippen MR) is 130 cm³/mol. The fourth-order valence-corrected chi connectivity index (χ4v) is 3.34. The van der Waals surface area contributed by atoms with Gasteiger partial charge in [-0.3, -0.25) is 14.0 Å². The number of rotatable bonds is 9. The number of carbonyl (C=O) groups excluding carboxylic acids is 1. The third-order valence-electron chi connectivity index (χ3n) is 5.42. The molecule has 8 heteroatoms. The highest BCUT2D eigenvalue weighted by molar-refractivity contribution is 6.01. The lowest BCUT2D eigenvalue weighted by molar-refractivity contribution is -0.117. The van der Waals surface area contributed by atoms with E-state index in [-0.39, 0.29) is 17.0 Å². The molecule has 3 rings (SSSR count). The molecule has 34 heavy (non-hydrogen) atoms. The molecule has 0 saturated carbocycles. The second-order valence-electron chi connectivity index (χ2n) is 7.80. The van der Waals surface area contributed by atoms with Crippen molar-refractivity contribution in [3.05, 3.63) is 74.7 Å². The van der Waals surface area contributed by atoms with E-state index < -0.39 is 11.5 Å². The Balaban J connectivity index is 2.07.